The summed E-state index contributed by atoms with van der Waals surface area (Å²) in [5.74, 6) is 0.553. The van der Waals surface area contributed by atoms with Crippen molar-refractivity contribution in [3.8, 4) is 34.3 Å². The van der Waals surface area contributed by atoms with Gasteiger partial charge in [0.2, 0.25) is 0 Å². The largest absolute Gasteiger partial charge is 0.491 e. The molecule has 0 radical (unpaired) electrons. The van der Waals surface area contributed by atoms with Crippen LogP contribution in [0.1, 0.15) is 41.1 Å². The Balaban J connectivity index is 1.52. The number of hydrogen-bond acceptors (Lipinski definition) is 6. The highest BCUT2D eigenvalue weighted by Gasteiger charge is 2.28. The smallest absolute Gasteiger partial charge is 0.304 e. The number of benzene rings is 3. The molecular weight excluding hydrogens is 468 g/mol. The molecule has 0 bridgehead atoms. The average molecular weight is 497 g/mol. The lowest BCUT2D eigenvalue weighted by atomic mass is 9.95. The highest BCUT2D eigenvalue weighted by molar-refractivity contribution is 5.90. The van der Waals surface area contributed by atoms with E-state index in [2.05, 4.69) is 23.5 Å². The molecule has 1 aliphatic carbocycles. The number of furan rings is 1. The van der Waals surface area contributed by atoms with Gasteiger partial charge in [0.1, 0.15) is 24.2 Å². The van der Waals surface area contributed by atoms with Crippen LogP contribution in [-0.4, -0.2) is 35.9 Å². The third-order valence-electron chi connectivity index (χ3n) is 6.95. The number of nitrogens with zero attached hydrogens (tertiary/aromatic N) is 1. The van der Waals surface area contributed by atoms with Crippen LogP contribution < -0.4 is 10.1 Å². The van der Waals surface area contributed by atoms with E-state index < -0.39 is 5.97 Å². The standard InChI is InChI=1S/C30H28N2O5/c1-18-22(19-4-2-5-21(14-19)36-13-12-33)6-3-7-23(18)28-16-20-15-25-24(26(17-31)30(20)37-28)8-9-27(25)32-11-10-29(34)35/h2-7,14-16,27,32-33H,8-13H2,1H3,(H,34,35)/t27-/m1/s1. The molecule has 188 valence electrons. The minimum absolute atomic E-state index is 0.0228. The van der Waals surface area contributed by atoms with Crippen molar-refractivity contribution in [1.29, 1.82) is 5.26 Å². The van der Waals surface area contributed by atoms with Crippen molar-refractivity contribution in [3.05, 3.63) is 76.9 Å². The Hall–Kier alpha value is -4.12. The van der Waals surface area contributed by atoms with E-state index in [1.807, 2.05) is 49.4 Å². The molecule has 1 heterocycles. The van der Waals surface area contributed by atoms with Gasteiger partial charge in [-0.3, -0.25) is 4.79 Å². The number of ether oxygens (including phenoxy) is 1. The molecular formula is C30H28N2O5. The van der Waals surface area contributed by atoms with Gasteiger partial charge in [0.05, 0.1) is 18.6 Å². The lowest BCUT2D eigenvalue weighted by Crippen LogP contribution is -2.22. The Bertz CT molecular complexity index is 1510. The zero-order chi connectivity index (χ0) is 25.9. The van der Waals surface area contributed by atoms with Gasteiger partial charge in [0.15, 0.2) is 5.58 Å². The number of carboxylic acid groups (broad SMARTS) is 1. The van der Waals surface area contributed by atoms with Crippen LogP contribution in [0.15, 0.2) is 59.0 Å². The van der Waals surface area contributed by atoms with Crippen molar-refractivity contribution < 1.29 is 24.2 Å². The van der Waals surface area contributed by atoms with Crippen LogP contribution in [0.4, 0.5) is 0 Å². The molecule has 0 fully saturated rings. The zero-order valence-corrected chi connectivity index (χ0v) is 20.6. The van der Waals surface area contributed by atoms with E-state index in [0.29, 0.717) is 29.2 Å². The van der Waals surface area contributed by atoms with Crippen LogP contribution in [0, 0.1) is 18.3 Å². The van der Waals surface area contributed by atoms with Crippen LogP contribution in [0.2, 0.25) is 0 Å². The average Bonchev–Trinajstić information content (AvgIpc) is 3.50. The first-order valence-electron chi connectivity index (χ1n) is 12.4. The predicted molar refractivity (Wildman–Crippen MR) is 140 cm³/mol. The fourth-order valence-corrected chi connectivity index (χ4v) is 5.22. The van der Waals surface area contributed by atoms with E-state index in [1.165, 1.54) is 0 Å². The van der Waals surface area contributed by atoms with Crippen LogP contribution in [0.25, 0.3) is 33.4 Å². The maximum absolute atomic E-state index is 10.9. The number of aliphatic hydroxyl groups excluding tert-OH is 1. The number of fused-ring (bicyclic) bond motifs is 2. The van der Waals surface area contributed by atoms with E-state index in [0.717, 1.165) is 51.6 Å². The topological polar surface area (TPSA) is 116 Å². The molecule has 0 saturated carbocycles. The van der Waals surface area contributed by atoms with E-state index in [9.17, 15) is 10.1 Å². The second-order valence-electron chi connectivity index (χ2n) is 9.23. The first kappa shape index (κ1) is 24.6. The van der Waals surface area contributed by atoms with Gasteiger partial charge < -0.3 is 24.7 Å². The number of nitriles is 1. The van der Waals surface area contributed by atoms with Crippen molar-refractivity contribution in [2.75, 3.05) is 19.8 Å². The summed E-state index contributed by atoms with van der Waals surface area (Å²) in [6, 6.07) is 20.3. The first-order valence-corrected chi connectivity index (χ1v) is 12.4. The first-order chi connectivity index (χ1) is 18.0. The summed E-state index contributed by atoms with van der Waals surface area (Å²) in [5, 5.41) is 32.2. The van der Waals surface area contributed by atoms with Gasteiger partial charge in [-0.1, -0.05) is 30.3 Å². The zero-order valence-electron chi connectivity index (χ0n) is 20.6. The van der Waals surface area contributed by atoms with E-state index in [4.69, 9.17) is 19.4 Å². The Morgan fingerprint density at radius 3 is 2.78 bits per heavy atom. The molecule has 1 aliphatic rings. The van der Waals surface area contributed by atoms with Gasteiger partial charge in [-0.15, -0.1) is 0 Å². The minimum atomic E-state index is -0.833. The molecule has 1 aromatic heterocycles. The highest BCUT2D eigenvalue weighted by atomic mass is 16.5. The molecule has 5 rings (SSSR count). The maximum atomic E-state index is 10.9. The van der Waals surface area contributed by atoms with Gasteiger partial charge in [-0.05, 0) is 71.8 Å². The third-order valence-corrected chi connectivity index (χ3v) is 6.95. The number of aliphatic carboxylic acids is 1. The lowest BCUT2D eigenvalue weighted by molar-refractivity contribution is -0.136. The number of aliphatic hydroxyl groups is 1. The Morgan fingerprint density at radius 1 is 1.19 bits per heavy atom. The highest BCUT2D eigenvalue weighted by Crippen LogP contribution is 2.41. The Morgan fingerprint density at radius 2 is 2.00 bits per heavy atom. The predicted octanol–water partition coefficient (Wildman–Crippen LogP) is 5.37. The Kier molecular flexibility index (Phi) is 6.95. The summed E-state index contributed by atoms with van der Waals surface area (Å²) in [7, 11) is 0. The molecule has 7 nitrogen and oxygen atoms in total. The molecule has 1 atom stereocenters. The summed E-state index contributed by atoms with van der Waals surface area (Å²) in [5.41, 5.74) is 7.20. The van der Waals surface area contributed by atoms with E-state index in [1.54, 1.807) is 0 Å². The van der Waals surface area contributed by atoms with Gasteiger partial charge in [-0.2, -0.15) is 5.26 Å². The lowest BCUT2D eigenvalue weighted by Gasteiger charge is -2.13. The fourth-order valence-electron chi connectivity index (χ4n) is 5.22. The maximum Gasteiger partial charge on any atom is 0.304 e. The van der Waals surface area contributed by atoms with Gasteiger partial charge >= 0.3 is 5.97 Å². The van der Waals surface area contributed by atoms with Crippen LogP contribution in [0.3, 0.4) is 0 Å². The van der Waals surface area contributed by atoms with Crippen molar-refractivity contribution in [3.63, 3.8) is 0 Å². The number of carbonyl (C=O) groups is 1. The van der Waals surface area contributed by atoms with Crippen LogP contribution >= 0.6 is 0 Å². The quantitative estimate of drug-likeness (QED) is 0.285. The van der Waals surface area contributed by atoms with Gasteiger partial charge in [0, 0.05) is 23.5 Å². The van der Waals surface area contributed by atoms with Crippen molar-refractivity contribution in [2.24, 2.45) is 0 Å². The van der Waals surface area contributed by atoms with Gasteiger partial charge in [-0.25, -0.2) is 0 Å². The molecule has 3 aromatic carbocycles. The molecule has 3 N–H and O–H groups in total. The van der Waals surface area contributed by atoms with Crippen molar-refractivity contribution in [2.45, 2.75) is 32.2 Å². The molecule has 0 aliphatic heterocycles. The SMILES string of the molecule is Cc1c(-c2cccc(OCCO)c2)cccc1-c1cc2cc3c(c(C#N)c2o1)CC[C@H]3NCCC(=O)O. The third kappa shape index (κ3) is 4.82. The summed E-state index contributed by atoms with van der Waals surface area (Å²) in [6.07, 6.45) is 1.63. The second kappa shape index (κ2) is 10.5. The normalized spacial score (nSPS) is 14.5. The molecule has 7 heteroatoms. The number of hydrogen-bond donors (Lipinski definition) is 3. The van der Waals surface area contributed by atoms with Crippen molar-refractivity contribution >= 4 is 16.9 Å². The summed E-state index contributed by atoms with van der Waals surface area (Å²) < 4.78 is 11.9. The Labute approximate surface area is 214 Å². The van der Waals surface area contributed by atoms with Crippen LogP contribution in [0.5, 0.6) is 5.75 Å². The molecule has 0 unspecified atom stereocenters. The molecule has 37 heavy (non-hydrogen) atoms. The number of rotatable bonds is 9. The minimum Gasteiger partial charge on any atom is -0.491 e. The van der Waals surface area contributed by atoms with E-state index >= 15 is 0 Å². The molecule has 0 saturated heterocycles. The monoisotopic (exact) mass is 496 g/mol. The molecule has 4 aromatic rings. The van der Waals surface area contributed by atoms with Crippen molar-refractivity contribution in [1.82, 2.24) is 5.32 Å². The van der Waals surface area contributed by atoms with Gasteiger partial charge in [0.25, 0.3) is 0 Å². The number of carboxylic acids is 1. The molecule has 0 amide bonds. The second-order valence-corrected chi connectivity index (χ2v) is 9.23. The summed E-state index contributed by atoms with van der Waals surface area (Å²) in [4.78, 5) is 10.9. The fraction of sp³-hybridized carbons (Fsp3) is 0.267. The number of nitrogens with one attached hydrogen (secondary N) is 1. The summed E-state index contributed by atoms with van der Waals surface area (Å²) in [6.45, 7) is 2.63. The van der Waals surface area contributed by atoms with Crippen LogP contribution in [-0.2, 0) is 11.2 Å². The summed E-state index contributed by atoms with van der Waals surface area (Å²) >= 11 is 0. The molecule has 0 spiro atoms. The van der Waals surface area contributed by atoms with E-state index in [-0.39, 0.29) is 25.7 Å².